The van der Waals surface area contributed by atoms with E-state index in [1.807, 2.05) is 4.90 Å². The summed E-state index contributed by atoms with van der Waals surface area (Å²) in [7, 11) is 1.78. The van der Waals surface area contributed by atoms with Crippen molar-refractivity contribution in [3.05, 3.63) is 0 Å². The SMILES string of the molecule is CC(C)(C)OC(=O)NC(=N)C(C1CCNCC1)[N+]1(C)CC(N2CCN(CC(=O)O)CC2)OC1=O. The van der Waals surface area contributed by atoms with Crippen molar-refractivity contribution < 1.29 is 33.4 Å². The summed E-state index contributed by atoms with van der Waals surface area (Å²) in [4.78, 5) is 40.6. The molecule has 3 atom stereocenters. The summed E-state index contributed by atoms with van der Waals surface area (Å²) in [5, 5.41) is 23.7. The first-order valence-electron chi connectivity index (χ1n) is 11.9. The second-order valence-electron chi connectivity index (χ2n) is 10.6. The molecule has 3 fully saturated rings. The van der Waals surface area contributed by atoms with Gasteiger partial charge in [0, 0.05) is 32.1 Å². The van der Waals surface area contributed by atoms with Crippen LogP contribution in [0, 0.1) is 11.3 Å². The van der Waals surface area contributed by atoms with Gasteiger partial charge in [-0.2, -0.15) is 4.79 Å². The van der Waals surface area contributed by atoms with Gasteiger partial charge in [0.1, 0.15) is 12.1 Å². The molecule has 0 radical (unpaired) electrons. The fourth-order valence-corrected chi connectivity index (χ4v) is 5.12. The maximum atomic E-state index is 13.2. The van der Waals surface area contributed by atoms with E-state index in [1.165, 1.54) is 0 Å². The Labute approximate surface area is 200 Å². The van der Waals surface area contributed by atoms with Crippen LogP contribution in [0.5, 0.6) is 0 Å². The third-order valence-corrected chi connectivity index (χ3v) is 6.74. The Balaban J connectivity index is 1.73. The molecule has 3 aliphatic heterocycles. The van der Waals surface area contributed by atoms with Gasteiger partial charge in [-0.25, -0.2) is 9.28 Å². The van der Waals surface area contributed by atoms with Crippen LogP contribution in [-0.2, 0) is 14.3 Å². The number of nitrogens with zero attached hydrogens (tertiary/aromatic N) is 3. The molecule has 0 saturated carbocycles. The summed E-state index contributed by atoms with van der Waals surface area (Å²) in [6, 6.07) is -0.569. The molecule has 3 saturated heterocycles. The molecule has 3 unspecified atom stereocenters. The van der Waals surface area contributed by atoms with Crippen LogP contribution in [-0.4, -0.2) is 121 Å². The number of quaternary nitrogens is 1. The second-order valence-corrected chi connectivity index (χ2v) is 10.6. The van der Waals surface area contributed by atoms with Crippen molar-refractivity contribution in [3.63, 3.8) is 0 Å². The van der Waals surface area contributed by atoms with Gasteiger partial charge in [-0.05, 0) is 46.7 Å². The molecule has 12 nitrogen and oxygen atoms in total. The Bertz CT molecular complexity index is 787. The molecule has 0 aliphatic carbocycles. The number of hydrogen-bond acceptors (Lipinski definition) is 9. The van der Waals surface area contributed by atoms with Gasteiger partial charge in [0.05, 0.1) is 13.6 Å². The number of carbonyl (C=O) groups is 3. The first-order chi connectivity index (χ1) is 15.9. The van der Waals surface area contributed by atoms with Crippen LogP contribution in [0.15, 0.2) is 0 Å². The zero-order valence-corrected chi connectivity index (χ0v) is 20.6. The van der Waals surface area contributed by atoms with Gasteiger partial charge < -0.3 is 19.9 Å². The number of nitrogens with one attached hydrogen (secondary N) is 3. The largest absolute Gasteiger partial charge is 0.518 e. The predicted octanol–water partition coefficient (Wildman–Crippen LogP) is 0.482. The van der Waals surface area contributed by atoms with E-state index < -0.39 is 36.0 Å². The van der Waals surface area contributed by atoms with E-state index in [2.05, 4.69) is 15.5 Å². The van der Waals surface area contributed by atoms with Crippen LogP contribution in [0.4, 0.5) is 9.59 Å². The van der Waals surface area contributed by atoms with Gasteiger partial charge in [-0.1, -0.05) is 0 Å². The van der Waals surface area contributed by atoms with Crippen LogP contribution in [0.1, 0.15) is 33.6 Å². The molecule has 4 N–H and O–H groups in total. The minimum absolute atomic E-state index is 0.00262. The fourth-order valence-electron chi connectivity index (χ4n) is 5.12. The number of ether oxygens (including phenoxy) is 2. The Morgan fingerprint density at radius 1 is 1.26 bits per heavy atom. The summed E-state index contributed by atoms with van der Waals surface area (Å²) in [5.41, 5.74) is -0.701. The Hall–Kier alpha value is -2.28. The molecule has 3 rings (SSSR count). The number of cyclic esters (lactones) is 1. The molecule has 0 aromatic carbocycles. The number of carboxylic acids is 1. The summed E-state index contributed by atoms with van der Waals surface area (Å²) in [5.74, 6) is -0.870. The van der Waals surface area contributed by atoms with Crippen molar-refractivity contribution in [1.82, 2.24) is 20.4 Å². The summed E-state index contributed by atoms with van der Waals surface area (Å²) in [6.45, 7) is 9.54. The zero-order chi connectivity index (χ0) is 25.1. The van der Waals surface area contributed by atoms with E-state index in [4.69, 9.17) is 20.0 Å². The lowest BCUT2D eigenvalue weighted by Crippen LogP contribution is -2.64. The van der Waals surface area contributed by atoms with Crippen molar-refractivity contribution >= 4 is 24.0 Å². The Morgan fingerprint density at radius 2 is 1.88 bits per heavy atom. The molecular formula is C22H39N6O6+. The molecule has 0 aromatic heterocycles. The van der Waals surface area contributed by atoms with Gasteiger partial charge in [0.25, 0.3) is 0 Å². The number of amides is 2. The zero-order valence-electron chi connectivity index (χ0n) is 20.6. The number of likely N-dealkylation sites (N-methyl/N-ethyl adjacent to an activating group) is 1. The highest BCUT2D eigenvalue weighted by Crippen LogP contribution is 2.33. The smallest absolute Gasteiger partial charge is 0.480 e. The number of hydrogen-bond donors (Lipinski definition) is 4. The molecule has 34 heavy (non-hydrogen) atoms. The summed E-state index contributed by atoms with van der Waals surface area (Å²) in [6.07, 6.45) is -0.0206. The molecule has 0 spiro atoms. The third kappa shape index (κ3) is 6.44. The highest BCUT2D eigenvalue weighted by molar-refractivity contribution is 5.97. The Kier molecular flexibility index (Phi) is 8.17. The van der Waals surface area contributed by atoms with Gasteiger partial charge in [0.15, 0.2) is 11.9 Å². The number of aliphatic carboxylic acids is 1. The predicted molar refractivity (Wildman–Crippen MR) is 123 cm³/mol. The summed E-state index contributed by atoms with van der Waals surface area (Å²) >= 11 is 0. The average Bonchev–Trinajstić information content (AvgIpc) is 3.02. The van der Waals surface area contributed by atoms with E-state index in [0.717, 1.165) is 25.9 Å². The van der Waals surface area contributed by atoms with E-state index in [0.29, 0.717) is 32.7 Å². The van der Waals surface area contributed by atoms with Crippen molar-refractivity contribution in [3.8, 4) is 0 Å². The van der Waals surface area contributed by atoms with Crippen LogP contribution in [0.2, 0.25) is 0 Å². The van der Waals surface area contributed by atoms with Gasteiger partial charge in [-0.15, -0.1) is 0 Å². The van der Waals surface area contributed by atoms with E-state index >= 15 is 0 Å². The highest BCUT2D eigenvalue weighted by atomic mass is 16.6. The number of amidine groups is 1. The lowest BCUT2D eigenvalue weighted by molar-refractivity contribution is -0.844. The first kappa shape index (κ1) is 26.3. The molecule has 3 aliphatic rings. The van der Waals surface area contributed by atoms with Crippen LogP contribution in [0.3, 0.4) is 0 Å². The first-order valence-corrected chi connectivity index (χ1v) is 11.9. The molecule has 2 amide bonds. The van der Waals surface area contributed by atoms with E-state index in [-0.39, 0.29) is 22.8 Å². The minimum atomic E-state index is -0.856. The van der Waals surface area contributed by atoms with Crippen LogP contribution < -0.4 is 10.6 Å². The number of alkyl carbamates (subject to hydrolysis) is 1. The van der Waals surface area contributed by atoms with Gasteiger partial charge in [0.2, 0.25) is 6.23 Å². The van der Waals surface area contributed by atoms with Gasteiger partial charge >= 0.3 is 18.2 Å². The topological polar surface area (TPSA) is 144 Å². The lowest BCUT2D eigenvalue weighted by atomic mass is 9.87. The standard InChI is InChI=1S/C22H38N6O6/c1-22(2,3)34-20(31)25-19(23)18(15-5-7-24-8-6-15)28(4)14-16(33-21(28)32)27-11-9-26(10-12-27)13-17(29)30/h15-16,18,24H,5-14H2,1-4H3,(H2-,23,25,29,30,31)/p+1. The molecular weight excluding hydrogens is 444 g/mol. The molecule has 0 bridgehead atoms. The normalized spacial score (nSPS) is 28.2. The maximum Gasteiger partial charge on any atom is 0.518 e. The third-order valence-electron chi connectivity index (χ3n) is 6.74. The van der Waals surface area contributed by atoms with Crippen molar-refractivity contribution in [2.45, 2.75) is 51.5 Å². The lowest BCUT2D eigenvalue weighted by Gasteiger charge is -2.40. The number of piperazine rings is 1. The quantitative estimate of drug-likeness (QED) is 0.241. The second kappa shape index (κ2) is 10.5. The molecule has 12 heteroatoms. The van der Waals surface area contributed by atoms with Crippen LogP contribution in [0.25, 0.3) is 0 Å². The monoisotopic (exact) mass is 483 g/mol. The molecule has 0 aromatic rings. The van der Waals surface area contributed by atoms with Gasteiger partial charge in [-0.3, -0.25) is 25.3 Å². The van der Waals surface area contributed by atoms with Crippen molar-refractivity contribution in [2.75, 3.05) is 59.4 Å². The number of piperidine rings is 1. The maximum absolute atomic E-state index is 13.2. The average molecular weight is 484 g/mol. The van der Waals surface area contributed by atoms with Crippen molar-refractivity contribution in [2.24, 2.45) is 5.92 Å². The Morgan fingerprint density at radius 3 is 2.44 bits per heavy atom. The van der Waals surface area contributed by atoms with E-state index in [9.17, 15) is 14.4 Å². The number of carbonyl (C=O) groups excluding carboxylic acids is 2. The van der Waals surface area contributed by atoms with Crippen molar-refractivity contribution in [1.29, 1.82) is 5.41 Å². The number of rotatable bonds is 6. The molecule has 3 heterocycles. The summed E-state index contributed by atoms with van der Waals surface area (Å²) < 4.78 is 11.0. The fraction of sp³-hybridized carbons (Fsp3) is 0.818. The molecule has 192 valence electrons. The number of carboxylic acid groups (broad SMARTS) is 1. The van der Waals surface area contributed by atoms with Crippen LogP contribution >= 0.6 is 0 Å². The minimum Gasteiger partial charge on any atom is -0.480 e. The van der Waals surface area contributed by atoms with E-state index in [1.54, 1.807) is 27.8 Å². The highest BCUT2D eigenvalue weighted by Gasteiger charge is 2.57.